The normalized spacial score (nSPS) is 21.6. The van der Waals surface area contributed by atoms with Crippen molar-refractivity contribution >= 4 is 5.97 Å². The Hall–Kier alpha value is -1.33. The summed E-state index contributed by atoms with van der Waals surface area (Å²) < 4.78 is 7.41. The number of aryl methyl sites for hydroxylation is 1. The van der Waals surface area contributed by atoms with Crippen LogP contribution >= 0.6 is 0 Å². The van der Waals surface area contributed by atoms with Crippen molar-refractivity contribution < 1.29 is 14.6 Å². The van der Waals surface area contributed by atoms with E-state index in [9.17, 15) is 4.79 Å². The number of carbonyl (C=O) groups is 1. The SMILES string of the molecule is Cc1ccn(CC2CN(C)CCO2)c1C(=O)O. The van der Waals surface area contributed by atoms with Crippen molar-refractivity contribution in [3.63, 3.8) is 0 Å². The fourth-order valence-electron chi connectivity index (χ4n) is 2.22. The zero-order valence-corrected chi connectivity index (χ0v) is 10.2. The quantitative estimate of drug-likeness (QED) is 0.847. The first kappa shape index (κ1) is 12.1. The first-order valence-corrected chi connectivity index (χ1v) is 5.77. The molecule has 0 radical (unpaired) electrons. The molecule has 94 valence electrons. The molecule has 5 heteroatoms. The summed E-state index contributed by atoms with van der Waals surface area (Å²) in [6.07, 6.45) is 1.88. The molecule has 1 aromatic heterocycles. The molecular formula is C12H18N2O3. The van der Waals surface area contributed by atoms with Crippen molar-refractivity contribution in [1.82, 2.24) is 9.47 Å². The number of likely N-dealkylation sites (N-methyl/N-ethyl adjacent to an activating group) is 1. The molecule has 2 heterocycles. The average Bonchev–Trinajstić information content (AvgIpc) is 2.59. The second-order valence-electron chi connectivity index (χ2n) is 4.56. The van der Waals surface area contributed by atoms with Crippen LogP contribution < -0.4 is 0 Å². The Bertz CT molecular complexity index is 414. The van der Waals surface area contributed by atoms with Gasteiger partial charge in [-0.05, 0) is 25.6 Å². The lowest BCUT2D eigenvalue weighted by Crippen LogP contribution is -2.42. The van der Waals surface area contributed by atoms with Crippen LogP contribution in [0.25, 0.3) is 0 Å². The van der Waals surface area contributed by atoms with E-state index in [1.54, 1.807) is 4.57 Å². The zero-order valence-electron chi connectivity index (χ0n) is 10.2. The Morgan fingerprint density at radius 3 is 3.06 bits per heavy atom. The van der Waals surface area contributed by atoms with Gasteiger partial charge in [0.2, 0.25) is 0 Å². The zero-order chi connectivity index (χ0) is 12.4. The number of aromatic carboxylic acids is 1. The minimum Gasteiger partial charge on any atom is -0.477 e. The van der Waals surface area contributed by atoms with Gasteiger partial charge in [0, 0.05) is 19.3 Å². The smallest absolute Gasteiger partial charge is 0.352 e. The van der Waals surface area contributed by atoms with Crippen molar-refractivity contribution in [2.75, 3.05) is 26.7 Å². The van der Waals surface area contributed by atoms with Gasteiger partial charge in [-0.15, -0.1) is 0 Å². The molecule has 1 unspecified atom stereocenters. The summed E-state index contributed by atoms with van der Waals surface area (Å²) in [7, 11) is 2.05. The highest BCUT2D eigenvalue weighted by Gasteiger charge is 2.21. The lowest BCUT2D eigenvalue weighted by molar-refractivity contribution is -0.0277. The third-order valence-electron chi connectivity index (χ3n) is 3.11. The summed E-state index contributed by atoms with van der Waals surface area (Å²) in [4.78, 5) is 13.3. The topological polar surface area (TPSA) is 54.7 Å². The van der Waals surface area contributed by atoms with Gasteiger partial charge in [-0.3, -0.25) is 0 Å². The van der Waals surface area contributed by atoms with E-state index in [4.69, 9.17) is 9.84 Å². The van der Waals surface area contributed by atoms with Gasteiger partial charge in [-0.2, -0.15) is 0 Å². The van der Waals surface area contributed by atoms with Gasteiger partial charge in [0.1, 0.15) is 5.69 Å². The van der Waals surface area contributed by atoms with Crippen molar-refractivity contribution in [2.24, 2.45) is 0 Å². The molecule has 0 saturated carbocycles. The molecule has 1 N–H and O–H groups in total. The maximum atomic E-state index is 11.1. The minimum atomic E-state index is -0.878. The highest BCUT2D eigenvalue weighted by atomic mass is 16.5. The number of hydrogen-bond acceptors (Lipinski definition) is 3. The summed E-state index contributed by atoms with van der Waals surface area (Å²) in [6, 6.07) is 1.83. The van der Waals surface area contributed by atoms with Gasteiger partial charge in [0.25, 0.3) is 0 Å². The molecule has 0 bridgehead atoms. The number of carboxylic acids is 1. The molecule has 1 aromatic rings. The maximum Gasteiger partial charge on any atom is 0.352 e. The number of carboxylic acid groups (broad SMARTS) is 1. The van der Waals surface area contributed by atoms with Crippen molar-refractivity contribution in [1.29, 1.82) is 0 Å². The Labute approximate surface area is 101 Å². The van der Waals surface area contributed by atoms with E-state index in [0.29, 0.717) is 18.8 Å². The predicted molar refractivity (Wildman–Crippen MR) is 63.4 cm³/mol. The van der Waals surface area contributed by atoms with Crippen molar-refractivity contribution in [3.05, 3.63) is 23.5 Å². The molecule has 1 fully saturated rings. The lowest BCUT2D eigenvalue weighted by Gasteiger charge is -2.30. The van der Waals surface area contributed by atoms with Crippen molar-refractivity contribution in [2.45, 2.75) is 19.6 Å². The monoisotopic (exact) mass is 238 g/mol. The third-order valence-corrected chi connectivity index (χ3v) is 3.11. The maximum absolute atomic E-state index is 11.1. The molecule has 0 aliphatic carbocycles. The minimum absolute atomic E-state index is 0.0682. The van der Waals surface area contributed by atoms with Crippen LogP contribution in [0.3, 0.4) is 0 Å². The molecule has 5 nitrogen and oxygen atoms in total. The predicted octanol–water partition coefficient (Wildman–Crippen LogP) is 0.825. The number of hydrogen-bond donors (Lipinski definition) is 1. The van der Waals surface area contributed by atoms with E-state index < -0.39 is 5.97 Å². The summed E-state index contributed by atoms with van der Waals surface area (Å²) in [5, 5.41) is 9.14. The van der Waals surface area contributed by atoms with Crippen LogP contribution in [0.2, 0.25) is 0 Å². The largest absolute Gasteiger partial charge is 0.477 e. The van der Waals surface area contributed by atoms with E-state index >= 15 is 0 Å². The summed E-state index contributed by atoms with van der Waals surface area (Å²) in [5.41, 5.74) is 1.16. The van der Waals surface area contributed by atoms with E-state index in [0.717, 1.165) is 18.7 Å². The molecule has 17 heavy (non-hydrogen) atoms. The second-order valence-corrected chi connectivity index (χ2v) is 4.56. The van der Waals surface area contributed by atoms with Gasteiger partial charge in [-0.1, -0.05) is 0 Å². The number of morpholine rings is 1. The fraction of sp³-hybridized carbons (Fsp3) is 0.583. The number of nitrogens with zero attached hydrogens (tertiary/aromatic N) is 2. The molecule has 1 aliphatic rings. The summed E-state index contributed by atoms with van der Waals surface area (Å²) >= 11 is 0. The Balaban J connectivity index is 2.10. The number of ether oxygens (including phenoxy) is 1. The molecule has 1 saturated heterocycles. The lowest BCUT2D eigenvalue weighted by atomic mass is 10.2. The van der Waals surface area contributed by atoms with Crippen LogP contribution in [0, 0.1) is 6.92 Å². The van der Waals surface area contributed by atoms with Gasteiger partial charge in [-0.25, -0.2) is 4.79 Å². The molecule has 0 amide bonds. The van der Waals surface area contributed by atoms with Crippen LogP contribution in [0.4, 0.5) is 0 Å². The molecule has 0 aromatic carbocycles. The van der Waals surface area contributed by atoms with Crippen molar-refractivity contribution in [3.8, 4) is 0 Å². The van der Waals surface area contributed by atoms with Crippen LogP contribution in [-0.4, -0.2) is 53.4 Å². The van der Waals surface area contributed by atoms with Crippen LogP contribution in [0.15, 0.2) is 12.3 Å². The van der Waals surface area contributed by atoms with E-state index in [-0.39, 0.29) is 6.10 Å². The number of rotatable bonds is 3. The number of aromatic nitrogens is 1. The van der Waals surface area contributed by atoms with E-state index in [1.165, 1.54) is 0 Å². The van der Waals surface area contributed by atoms with Crippen LogP contribution in [0.1, 0.15) is 16.1 Å². The first-order valence-electron chi connectivity index (χ1n) is 5.77. The summed E-state index contributed by atoms with van der Waals surface area (Å²) in [6.45, 7) is 4.90. The molecule has 0 spiro atoms. The average molecular weight is 238 g/mol. The standard InChI is InChI=1S/C12H18N2O3/c1-9-3-4-14(11(9)12(15)16)8-10-7-13(2)5-6-17-10/h3-4,10H,5-8H2,1-2H3,(H,15,16). The Morgan fingerprint density at radius 2 is 2.41 bits per heavy atom. The first-order chi connectivity index (χ1) is 8.08. The van der Waals surface area contributed by atoms with Gasteiger partial charge < -0.3 is 19.3 Å². The van der Waals surface area contributed by atoms with Gasteiger partial charge in [0.15, 0.2) is 0 Å². The molecule has 1 atom stereocenters. The molecular weight excluding hydrogens is 220 g/mol. The molecule has 1 aliphatic heterocycles. The highest BCUT2D eigenvalue weighted by Crippen LogP contribution is 2.13. The Morgan fingerprint density at radius 1 is 1.65 bits per heavy atom. The van der Waals surface area contributed by atoms with Gasteiger partial charge in [0.05, 0.1) is 19.3 Å². The Kier molecular flexibility index (Phi) is 3.49. The van der Waals surface area contributed by atoms with E-state index in [1.807, 2.05) is 19.2 Å². The van der Waals surface area contributed by atoms with Gasteiger partial charge >= 0.3 is 5.97 Å². The molecule has 2 rings (SSSR count). The van der Waals surface area contributed by atoms with Crippen LogP contribution in [-0.2, 0) is 11.3 Å². The third kappa shape index (κ3) is 2.68. The van der Waals surface area contributed by atoms with E-state index in [2.05, 4.69) is 11.9 Å². The summed E-state index contributed by atoms with van der Waals surface area (Å²) in [5.74, 6) is -0.878. The fourth-order valence-corrected chi connectivity index (χ4v) is 2.22. The van der Waals surface area contributed by atoms with Crippen LogP contribution in [0.5, 0.6) is 0 Å². The second kappa shape index (κ2) is 4.89. The highest BCUT2D eigenvalue weighted by molar-refractivity contribution is 5.87.